The van der Waals surface area contributed by atoms with Gasteiger partial charge in [-0.1, -0.05) is 22.0 Å². The van der Waals surface area contributed by atoms with Gasteiger partial charge in [0.15, 0.2) is 0 Å². The van der Waals surface area contributed by atoms with Crippen LogP contribution in [0.4, 0.5) is 11.8 Å². The zero-order chi connectivity index (χ0) is 15.5. The van der Waals surface area contributed by atoms with Crippen LogP contribution in [0.15, 0.2) is 34.9 Å². The van der Waals surface area contributed by atoms with Crippen LogP contribution in [0.2, 0.25) is 0 Å². The Morgan fingerprint density at radius 2 is 2.23 bits per heavy atom. The Bertz CT molecular complexity index is 664. The number of hydrogen-bond donors (Lipinski definition) is 2. The van der Waals surface area contributed by atoms with Crippen LogP contribution in [-0.4, -0.2) is 34.3 Å². The molecule has 2 aromatic rings. The van der Waals surface area contributed by atoms with Crippen molar-refractivity contribution in [3.63, 3.8) is 0 Å². The van der Waals surface area contributed by atoms with Gasteiger partial charge in [-0.3, -0.25) is 0 Å². The lowest BCUT2D eigenvalue weighted by atomic mass is 10.00. The average Bonchev–Trinajstić information content (AvgIpc) is 2.54. The Morgan fingerprint density at radius 3 is 3.05 bits per heavy atom. The van der Waals surface area contributed by atoms with Crippen molar-refractivity contribution in [2.45, 2.75) is 25.9 Å². The molecule has 0 aliphatic carbocycles. The van der Waals surface area contributed by atoms with Crippen molar-refractivity contribution in [2.75, 3.05) is 23.4 Å². The van der Waals surface area contributed by atoms with E-state index in [-0.39, 0.29) is 12.6 Å². The maximum absolute atomic E-state index is 9.11. The number of nitrogens with one attached hydrogen (secondary N) is 1. The van der Waals surface area contributed by atoms with Crippen LogP contribution in [0.3, 0.4) is 0 Å². The fourth-order valence-electron chi connectivity index (χ4n) is 2.58. The summed E-state index contributed by atoms with van der Waals surface area (Å²) in [4.78, 5) is 11.0. The third kappa shape index (κ3) is 3.39. The average molecular weight is 363 g/mol. The van der Waals surface area contributed by atoms with Crippen LogP contribution >= 0.6 is 15.9 Å². The van der Waals surface area contributed by atoms with Gasteiger partial charge in [0.1, 0.15) is 5.82 Å². The van der Waals surface area contributed by atoms with Gasteiger partial charge >= 0.3 is 0 Å². The van der Waals surface area contributed by atoms with E-state index >= 15 is 0 Å². The Balaban J connectivity index is 1.78. The largest absolute Gasteiger partial charge is 0.394 e. The Kier molecular flexibility index (Phi) is 4.59. The molecule has 0 saturated carbocycles. The molecule has 2 heterocycles. The highest BCUT2D eigenvalue weighted by molar-refractivity contribution is 9.10. The molecule has 0 spiro atoms. The van der Waals surface area contributed by atoms with E-state index in [1.807, 2.05) is 13.0 Å². The number of fused-ring (bicyclic) bond motifs is 1. The van der Waals surface area contributed by atoms with Gasteiger partial charge in [-0.05, 0) is 42.7 Å². The topological polar surface area (TPSA) is 61.3 Å². The summed E-state index contributed by atoms with van der Waals surface area (Å²) in [7, 11) is 0. The van der Waals surface area contributed by atoms with E-state index in [0.717, 1.165) is 29.8 Å². The number of benzene rings is 1. The van der Waals surface area contributed by atoms with Crippen molar-refractivity contribution in [3.05, 3.63) is 46.1 Å². The first-order chi connectivity index (χ1) is 10.7. The van der Waals surface area contributed by atoms with Crippen molar-refractivity contribution >= 4 is 27.7 Å². The van der Waals surface area contributed by atoms with E-state index in [9.17, 15) is 0 Å². The predicted octanol–water partition coefficient (Wildman–Crippen LogP) is 2.59. The normalized spacial score (nSPS) is 15.3. The van der Waals surface area contributed by atoms with Crippen LogP contribution in [0.5, 0.6) is 0 Å². The first kappa shape index (κ1) is 15.2. The lowest BCUT2D eigenvalue weighted by Crippen LogP contribution is -2.31. The molecule has 0 fully saturated rings. The van der Waals surface area contributed by atoms with Gasteiger partial charge < -0.3 is 15.3 Å². The monoisotopic (exact) mass is 362 g/mol. The molecular formula is C16H19BrN4O. The summed E-state index contributed by atoms with van der Waals surface area (Å²) >= 11 is 3.53. The maximum Gasteiger partial charge on any atom is 0.224 e. The summed E-state index contributed by atoms with van der Waals surface area (Å²) in [6, 6.07) is 8.31. The van der Waals surface area contributed by atoms with E-state index < -0.39 is 0 Å². The van der Waals surface area contributed by atoms with Crippen LogP contribution in [-0.2, 0) is 13.0 Å². The van der Waals surface area contributed by atoms with Crippen molar-refractivity contribution < 1.29 is 5.11 Å². The molecule has 0 saturated heterocycles. The number of hydrogen-bond acceptors (Lipinski definition) is 5. The molecule has 1 aromatic heterocycles. The molecule has 116 valence electrons. The molecule has 0 radical (unpaired) electrons. The summed E-state index contributed by atoms with van der Waals surface area (Å²) < 4.78 is 1.13. The van der Waals surface area contributed by atoms with Crippen LogP contribution in [0.25, 0.3) is 0 Å². The lowest BCUT2D eigenvalue weighted by molar-refractivity contribution is 0.281. The van der Waals surface area contributed by atoms with Crippen LogP contribution < -0.4 is 10.2 Å². The summed E-state index contributed by atoms with van der Waals surface area (Å²) in [5, 5.41) is 12.2. The number of rotatable bonds is 4. The number of aromatic nitrogens is 2. The fourth-order valence-corrected chi connectivity index (χ4v) is 2.99. The summed E-state index contributed by atoms with van der Waals surface area (Å²) in [6.07, 6.45) is 2.76. The van der Waals surface area contributed by atoms with Crippen LogP contribution in [0, 0.1) is 0 Å². The Morgan fingerprint density at radius 1 is 1.36 bits per heavy atom. The number of aliphatic hydroxyl groups is 1. The predicted molar refractivity (Wildman–Crippen MR) is 91.1 cm³/mol. The van der Waals surface area contributed by atoms with Crippen molar-refractivity contribution in [1.82, 2.24) is 9.97 Å². The molecule has 6 heteroatoms. The SMILES string of the molecule is C[C@H](CO)Nc1nccc(N2CCc3cc(Br)ccc3C2)n1. The second-order valence-corrected chi connectivity index (χ2v) is 6.47. The van der Waals surface area contributed by atoms with E-state index in [0.29, 0.717) is 5.95 Å². The summed E-state index contributed by atoms with van der Waals surface area (Å²) in [6.45, 7) is 3.74. The minimum atomic E-state index is -0.0605. The van der Waals surface area contributed by atoms with Gasteiger partial charge in [-0.15, -0.1) is 0 Å². The van der Waals surface area contributed by atoms with Gasteiger partial charge in [0.2, 0.25) is 5.95 Å². The number of nitrogens with zero attached hydrogens (tertiary/aromatic N) is 3. The number of halogens is 1. The zero-order valence-electron chi connectivity index (χ0n) is 12.5. The quantitative estimate of drug-likeness (QED) is 0.875. The molecule has 0 bridgehead atoms. The van der Waals surface area contributed by atoms with Crippen molar-refractivity contribution in [2.24, 2.45) is 0 Å². The van der Waals surface area contributed by atoms with E-state index in [4.69, 9.17) is 5.11 Å². The number of anilines is 2. The van der Waals surface area contributed by atoms with Gasteiger partial charge in [0, 0.05) is 29.8 Å². The van der Waals surface area contributed by atoms with E-state index in [1.165, 1.54) is 11.1 Å². The molecule has 0 amide bonds. The molecular weight excluding hydrogens is 344 g/mol. The maximum atomic E-state index is 9.11. The summed E-state index contributed by atoms with van der Waals surface area (Å²) in [5.41, 5.74) is 2.73. The van der Waals surface area contributed by atoms with Gasteiger partial charge in [-0.2, -0.15) is 4.98 Å². The molecule has 22 heavy (non-hydrogen) atoms. The first-order valence-corrected chi connectivity index (χ1v) is 8.17. The van der Waals surface area contributed by atoms with Crippen LogP contribution in [0.1, 0.15) is 18.1 Å². The smallest absolute Gasteiger partial charge is 0.224 e. The fraction of sp³-hybridized carbons (Fsp3) is 0.375. The second-order valence-electron chi connectivity index (χ2n) is 5.55. The highest BCUT2D eigenvalue weighted by atomic mass is 79.9. The van der Waals surface area contributed by atoms with Gasteiger partial charge in [0.05, 0.1) is 6.61 Å². The minimum Gasteiger partial charge on any atom is -0.394 e. The van der Waals surface area contributed by atoms with Crippen molar-refractivity contribution in [1.29, 1.82) is 0 Å². The van der Waals surface area contributed by atoms with Gasteiger partial charge in [-0.25, -0.2) is 4.98 Å². The van der Waals surface area contributed by atoms with Crippen molar-refractivity contribution in [3.8, 4) is 0 Å². The molecule has 1 aliphatic heterocycles. The highest BCUT2D eigenvalue weighted by Gasteiger charge is 2.18. The first-order valence-electron chi connectivity index (χ1n) is 7.38. The molecule has 1 aromatic carbocycles. The summed E-state index contributed by atoms with van der Waals surface area (Å²) in [5.74, 6) is 1.47. The molecule has 5 nitrogen and oxygen atoms in total. The molecule has 3 rings (SSSR count). The highest BCUT2D eigenvalue weighted by Crippen LogP contribution is 2.25. The Hall–Kier alpha value is -1.66. The molecule has 1 aliphatic rings. The zero-order valence-corrected chi connectivity index (χ0v) is 14.0. The minimum absolute atomic E-state index is 0.0551. The Labute approximate surface area is 138 Å². The standard InChI is InChI=1S/C16H19BrN4O/c1-11(10-22)19-16-18-6-4-15(20-16)21-7-5-12-8-14(17)3-2-13(12)9-21/h2-4,6,8,11,22H,5,7,9-10H2,1H3,(H,18,19,20)/t11-/m1/s1. The van der Waals surface area contributed by atoms with E-state index in [1.54, 1.807) is 6.20 Å². The molecule has 0 unspecified atom stereocenters. The number of aliphatic hydroxyl groups excluding tert-OH is 1. The second kappa shape index (κ2) is 6.62. The molecule has 2 N–H and O–H groups in total. The third-order valence-electron chi connectivity index (χ3n) is 3.79. The molecule has 1 atom stereocenters. The van der Waals surface area contributed by atoms with E-state index in [2.05, 4.69) is 54.3 Å². The van der Waals surface area contributed by atoms with Gasteiger partial charge in [0.25, 0.3) is 0 Å². The third-order valence-corrected chi connectivity index (χ3v) is 4.29. The lowest BCUT2D eigenvalue weighted by Gasteiger charge is -2.30.